The lowest BCUT2D eigenvalue weighted by molar-refractivity contribution is -0.122. The fourth-order valence-corrected chi connectivity index (χ4v) is 3.93. The second-order valence-electron chi connectivity index (χ2n) is 6.13. The Morgan fingerprint density at radius 3 is 2.43 bits per heavy atom. The zero-order valence-corrected chi connectivity index (χ0v) is 19.2. The van der Waals surface area contributed by atoms with Crippen molar-refractivity contribution < 1.29 is 23.5 Å². The Morgan fingerprint density at radius 1 is 1.13 bits per heavy atom. The van der Waals surface area contributed by atoms with Crippen LogP contribution in [0.5, 0.6) is 11.5 Å². The molecule has 1 N–H and O–H groups in total. The Morgan fingerprint density at radius 2 is 1.80 bits per heavy atom. The molecule has 1 aliphatic rings. The molecule has 6 nitrogen and oxygen atoms in total. The van der Waals surface area contributed by atoms with Gasteiger partial charge in [-0.3, -0.25) is 19.8 Å². The van der Waals surface area contributed by atoms with Crippen LogP contribution in [0.15, 0.2) is 42.0 Å². The van der Waals surface area contributed by atoms with E-state index in [1.54, 1.807) is 12.1 Å². The first-order chi connectivity index (χ1) is 14.3. The van der Waals surface area contributed by atoms with Crippen LogP contribution in [0.3, 0.4) is 0 Å². The molecule has 0 spiro atoms. The Bertz CT molecular complexity index is 1040. The van der Waals surface area contributed by atoms with Gasteiger partial charge in [-0.25, -0.2) is 4.39 Å². The number of hydrogen-bond acceptors (Lipinski definition) is 5. The standard InChI is InChI=1S/C21H18FIN2O4S/c1-3-28-17-11-12(10-16(23)18(17)29-4-2)9-15-19(26)24-21(30)25(20(15)27)14-7-5-13(22)6-8-14/h5-11H,3-4H2,1-2H3,(H,24,26,30)/b15-9-. The number of nitrogens with one attached hydrogen (secondary N) is 1. The van der Waals surface area contributed by atoms with Crippen LogP contribution in [0.2, 0.25) is 0 Å². The van der Waals surface area contributed by atoms with Gasteiger partial charge < -0.3 is 9.47 Å². The van der Waals surface area contributed by atoms with Crippen LogP contribution < -0.4 is 19.7 Å². The summed E-state index contributed by atoms with van der Waals surface area (Å²) >= 11 is 7.26. The van der Waals surface area contributed by atoms with Crippen LogP contribution in [0.1, 0.15) is 19.4 Å². The van der Waals surface area contributed by atoms with Crippen LogP contribution in [0.25, 0.3) is 6.08 Å². The lowest BCUT2D eigenvalue weighted by atomic mass is 10.1. The molecule has 156 valence electrons. The van der Waals surface area contributed by atoms with E-state index in [9.17, 15) is 14.0 Å². The fourth-order valence-electron chi connectivity index (χ4n) is 2.87. The maximum atomic E-state index is 13.3. The number of rotatable bonds is 6. The number of amides is 2. The van der Waals surface area contributed by atoms with E-state index in [-0.39, 0.29) is 10.7 Å². The summed E-state index contributed by atoms with van der Waals surface area (Å²) in [6.45, 7) is 4.64. The number of benzene rings is 2. The molecule has 2 aromatic carbocycles. The molecule has 1 aliphatic heterocycles. The van der Waals surface area contributed by atoms with Gasteiger partial charge in [0.15, 0.2) is 16.6 Å². The molecule has 0 aliphatic carbocycles. The predicted octanol–water partition coefficient (Wildman–Crippen LogP) is 4.06. The highest BCUT2D eigenvalue weighted by Crippen LogP contribution is 2.35. The van der Waals surface area contributed by atoms with Crippen molar-refractivity contribution in [3.63, 3.8) is 0 Å². The van der Waals surface area contributed by atoms with Crippen LogP contribution in [-0.4, -0.2) is 30.1 Å². The molecule has 2 amide bonds. The molecule has 0 unspecified atom stereocenters. The van der Waals surface area contributed by atoms with Gasteiger partial charge in [-0.1, -0.05) is 0 Å². The second-order valence-corrected chi connectivity index (χ2v) is 7.68. The summed E-state index contributed by atoms with van der Waals surface area (Å²) in [5.41, 5.74) is 0.848. The number of carbonyl (C=O) groups is 2. The third-order valence-corrected chi connectivity index (χ3v) is 5.20. The lowest BCUT2D eigenvalue weighted by Gasteiger charge is -2.29. The highest BCUT2D eigenvalue weighted by Gasteiger charge is 2.34. The van der Waals surface area contributed by atoms with E-state index in [0.29, 0.717) is 36.0 Å². The molecular weight excluding hydrogens is 522 g/mol. The van der Waals surface area contributed by atoms with E-state index in [0.717, 1.165) is 8.47 Å². The van der Waals surface area contributed by atoms with Crippen molar-refractivity contribution in [2.75, 3.05) is 18.1 Å². The minimum Gasteiger partial charge on any atom is -0.490 e. The zero-order valence-electron chi connectivity index (χ0n) is 16.2. The maximum absolute atomic E-state index is 13.3. The number of hydrogen-bond donors (Lipinski definition) is 1. The summed E-state index contributed by atoms with van der Waals surface area (Å²) in [4.78, 5) is 26.7. The summed E-state index contributed by atoms with van der Waals surface area (Å²) in [5.74, 6) is -0.521. The summed E-state index contributed by atoms with van der Waals surface area (Å²) in [5, 5.41) is 2.44. The molecular formula is C21H18FIN2O4S. The monoisotopic (exact) mass is 540 g/mol. The van der Waals surface area contributed by atoms with E-state index in [4.69, 9.17) is 21.7 Å². The first kappa shape index (κ1) is 22.2. The molecule has 30 heavy (non-hydrogen) atoms. The molecule has 2 aromatic rings. The van der Waals surface area contributed by atoms with Crippen molar-refractivity contribution in [3.05, 3.63) is 56.9 Å². The van der Waals surface area contributed by atoms with Gasteiger partial charge in [0.05, 0.1) is 22.5 Å². The third kappa shape index (κ3) is 4.62. The first-order valence-electron chi connectivity index (χ1n) is 9.11. The molecule has 1 heterocycles. The number of carbonyl (C=O) groups excluding carboxylic acids is 2. The quantitative estimate of drug-likeness (QED) is 0.259. The van der Waals surface area contributed by atoms with Gasteiger partial charge in [-0.05, 0) is 96.7 Å². The highest BCUT2D eigenvalue weighted by atomic mass is 127. The van der Waals surface area contributed by atoms with E-state index < -0.39 is 17.6 Å². The molecule has 1 saturated heterocycles. The average molecular weight is 540 g/mol. The number of nitrogens with zero attached hydrogens (tertiary/aromatic N) is 1. The van der Waals surface area contributed by atoms with Crippen LogP contribution in [0, 0.1) is 9.39 Å². The van der Waals surface area contributed by atoms with E-state index in [2.05, 4.69) is 27.9 Å². The van der Waals surface area contributed by atoms with Gasteiger partial charge in [-0.2, -0.15) is 0 Å². The molecule has 1 fully saturated rings. The molecule has 0 bridgehead atoms. The summed E-state index contributed by atoms with van der Waals surface area (Å²) in [6, 6.07) is 8.77. The Hall–Kier alpha value is -2.53. The molecule has 0 radical (unpaired) electrons. The van der Waals surface area contributed by atoms with Gasteiger partial charge in [-0.15, -0.1) is 0 Å². The summed E-state index contributed by atoms with van der Waals surface area (Å²) in [7, 11) is 0. The molecule has 9 heteroatoms. The molecule has 0 atom stereocenters. The molecule has 0 aromatic heterocycles. The number of anilines is 1. The van der Waals surface area contributed by atoms with Crippen LogP contribution in [-0.2, 0) is 9.59 Å². The zero-order chi connectivity index (χ0) is 21.8. The predicted molar refractivity (Wildman–Crippen MR) is 124 cm³/mol. The Kier molecular flexibility index (Phi) is 7.03. The summed E-state index contributed by atoms with van der Waals surface area (Å²) in [6.07, 6.45) is 1.47. The SMILES string of the molecule is CCOc1cc(/C=C2/C(=O)NC(=S)N(c3ccc(F)cc3)C2=O)cc(I)c1OCC. The topological polar surface area (TPSA) is 67.9 Å². The van der Waals surface area contributed by atoms with Gasteiger partial charge >= 0.3 is 0 Å². The fraction of sp³-hybridized carbons (Fsp3) is 0.190. The second kappa shape index (κ2) is 9.52. The van der Waals surface area contributed by atoms with Gasteiger partial charge in [0.25, 0.3) is 11.8 Å². The Balaban J connectivity index is 2.03. The molecule has 0 saturated carbocycles. The van der Waals surface area contributed by atoms with Crippen LogP contribution >= 0.6 is 34.8 Å². The molecule has 3 rings (SSSR count). The Labute approximate surface area is 192 Å². The lowest BCUT2D eigenvalue weighted by Crippen LogP contribution is -2.54. The van der Waals surface area contributed by atoms with E-state index >= 15 is 0 Å². The van der Waals surface area contributed by atoms with Crippen molar-refractivity contribution >= 4 is 63.5 Å². The van der Waals surface area contributed by atoms with Crippen molar-refractivity contribution in [3.8, 4) is 11.5 Å². The van der Waals surface area contributed by atoms with Crippen molar-refractivity contribution in [1.29, 1.82) is 0 Å². The maximum Gasteiger partial charge on any atom is 0.270 e. The van der Waals surface area contributed by atoms with Gasteiger partial charge in [0.2, 0.25) is 0 Å². The van der Waals surface area contributed by atoms with Crippen molar-refractivity contribution in [2.24, 2.45) is 0 Å². The average Bonchev–Trinajstić information content (AvgIpc) is 2.69. The normalized spacial score (nSPS) is 15.4. The smallest absolute Gasteiger partial charge is 0.270 e. The number of halogens is 2. The number of thiocarbonyl (C=S) groups is 1. The number of ether oxygens (including phenoxy) is 2. The first-order valence-corrected chi connectivity index (χ1v) is 10.6. The van der Waals surface area contributed by atoms with E-state index in [1.807, 2.05) is 13.8 Å². The minimum absolute atomic E-state index is 0.0648. The van der Waals surface area contributed by atoms with Crippen molar-refractivity contribution in [2.45, 2.75) is 13.8 Å². The third-order valence-electron chi connectivity index (χ3n) is 4.12. The highest BCUT2D eigenvalue weighted by molar-refractivity contribution is 14.1. The largest absolute Gasteiger partial charge is 0.490 e. The minimum atomic E-state index is -0.606. The van der Waals surface area contributed by atoms with E-state index in [1.165, 1.54) is 30.3 Å². The van der Waals surface area contributed by atoms with Gasteiger partial charge in [0, 0.05) is 0 Å². The summed E-state index contributed by atoms with van der Waals surface area (Å²) < 4.78 is 25.4. The van der Waals surface area contributed by atoms with Crippen LogP contribution in [0.4, 0.5) is 10.1 Å². The van der Waals surface area contributed by atoms with Gasteiger partial charge in [0.1, 0.15) is 11.4 Å². The van der Waals surface area contributed by atoms with Crippen molar-refractivity contribution in [1.82, 2.24) is 5.32 Å².